The van der Waals surface area contributed by atoms with Gasteiger partial charge in [-0.1, -0.05) is 18.2 Å². The van der Waals surface area contributed by atoms with Crippen LogP contribution in [0, 0.1) is 18.3 Å². The number of aliphatic imine (C=N–C) groups is 1. The fourth-order valence-corrected chi connectivity index (χ4v) is 3.26. The van der Waals surface area contributed by atoms with Crippen molar-refractivity contribution in [1.82, 2.24) is 14.9 Å². The zero-order chi connectivity index (χ0) is 18.0. The van der Waals surface area contributed by atoms with E-state index in [-0.39, 0.29) is 17.8 Å². The molecule has 0 radical (unpaired) electrons. The molecule has 1 aromatic carbocycles. The molecule has 128 valence electrons. The van der Waals surface area contributed by atoms with Gasteiger partial charge >= 0.3 is 5.69 Å². The van der Waals surface area contributed by atoms with Crippen LogP contribution in [0.1, 0.15) is 29.2 Å². The normalized spacial score (nSPS) is 18.8. The Bertz CT molecular complexity index is 930. The second-order valence-corrected chi connectivity index (χ2v) is 5.97. The van der Waals surface area contributed by atoms with E-state index in [1.54, 1.807) is 10.8 Å². The molecule has 0 saturated heterocycles. The fourth-order valence-electron chi connectivity index (χ4n) is 3.26. The molecule has 0 amide bonds. The molecule has 0 spiro atoms. The summed E-state index contributed by atoms with van der Waals surface area (Å²) in [5.41, 5.74) is 9.24. The van der Waals surface area contributed by atoms with Crippen LogP contribution in [0.3, 0.4) is 0 Å². The summed E-state index contributed by atoms with van der Waals surface area (Å²) in [6, 6.07) is 7.91. The van der Waals surface area contributed by atoms with Crippen molar-refractivity contribution >= 4 is 12.5 Å². The van der Waals surface area contributed by atoms with Gasteiger partial charge in [0.05, 0.1) is 29.5 Å². The summed E-state index contributed by atoms with van der Waals surface area (Å²) in [6.45, 7) is 5.54. The maximum absolute atomic E-state index is 12.7. The van der Waals surface area contributed by atoms with Gasteiger partial charge in [-0.3, -0.25) is 9.55 Å². The van der Waals surface area contributed by atoms with E-state index in [0.29, 0.717) is 24.4 Å². The van der Waals surface area contributed by atoms with Crippen molar-refractivity contribution in [1.29, 1.82) is 5.26 Å². The number of nitrogens with one attached hydrogen (secondary N) is 2. The predicted octanol–water partition coefficient (Wildman–Crippen LogP) is 1.75. The SMILES string of the molecule is C=Nc1[nH]c(=O)n(-c2cccc(C)c2CCC#N)c1C1C=CNC1N. The van der Waals surface area contributed by atoms with Crippen molar-refractivity contribution in [2.45, 2.75) is 31.8 Å². The summed E-state index contributed by atoms with van der Waals surface area (Å²) in [5.74, 6) is 0.190. The fraction of sp³-hybridized carbons (Fsp3) is 0.278. The van der Waals surface area contributed by atoms with Crippen molar-refractivity contribution in [3.8, 4) is 11.8 Å². The monoisotopic (exact) mass is 336 g/mol. The van der Waals surface area contributed by atoms with Gasteiger partial charge in [0.15, 0.2) is 5.82 Å². The van der Waals surface area contributed by atoms with E-state index in [2.05, 4.69) is 28.1 Å². The highest BCUT2D eigenvalue weighted by Crippen LogP contribution is 2.32. The summed E-state index contributed by atoms with van der Waals surface area (Å²) in [4.78, 5) is 19.4. The van der Waals surface area contributed by atoms with E-state index in [1.807, 2.05) is 31.2 Å². The number of hydrogen-bond donors (Lipinski definition) is 3. The number of nitrogens with two attached hydrogens (primary N) is 1. The number of benzene rings is 1. The summed E-state index contributed by atoms with van der Waals surface area (Å²) in [7, 11) is 0. The molecule has 0 fully saturated rings. The molecule has 0 bridgehead atoms. The number of H-pyrrole nitrogens is 1. The maximum atomic E-state index is 12.7. The number of nitriles is 1. The molecular weight excluding hydrogens is 316 g/mol. The van der Waals surface area contributed by atoms with E-state index in [9.17, 15) is 4.79 Å². The van der Waals surface area contributed by atoms with Crippen LogP contribution < -0.4 is 16.7 Å². The van der Waals surface area contributed by atoms with Gasteiger partial charge in [0, 0.05) is 6.42 Å². The second-order valence-electron chi connectivity index (χ2n) is 5.97. The van der Waals surface area contributed by atoms with Gasteiger partial charge in [0.1, 0.15) is 0 Å². The molecule has 0 aliphatic carbocycles. The van der Waals surface area contributed by atoms with Gasteiger partial charge in [-0.25, -0.2) is 9.79 Å². The molecule has 3 rings (SSSR count). The van der Waals surface area contributed by atoms with Gasteiger partial charge < -0.3 is 11.1 Å². The zero-order valence-corrected chi connectivity index (χ0v) is 14.0. The van der Waals surface area contributed by atoms with Crippen molar-refractivity contribution < 1.29 is 0 Å². The molecule has 7 heteroatoms. The van der Waals surface area contributed by atoms with Gasteiger partial charge in [-0.2, -0.15) is 5.26 Å². The first-order valence-corrected chi connectivity index (χ1v) is 8.04. The molecule has 4 N–H and O–H groups in total. The maximum Gasteiger partial charge on any atom is 0.332 e. The summed E-state index contributed by atoms with van der Waals surface area (Å²) >= 11 is 0. The molecule has 2 unspecified atom stereocenters. The van der Waals surface area contributed by atoms with Crippen LogP contribution in [0.25, 0.3) is 5.69 Å². The van der Waals surface area contributed by atoms with Gasteiger partial charge in [-0.15, -0.1) is 0 Å². The first-order valence-electron chi connectivity index (χ1n) is 8.04. The summed E-state index contributed by atoms with van der Waals surface area (Å²) in [5, 5.41) is 12.0. The highest BCUT2D eigenvalue weighted by Gasteiger charge is 2.29. The van der Waals surface area contributed by atoms with Crippen molar-refractivity contribution in [3.63, 3.8) is 0 Å². The van der Waals surface area contributed by atoms with Crippen LogP contribution in [0.15, 0.2) is 40.3 Å². The van der Waals surface area contributed by atoms with Crippen LogP contribution in [-0.4, -0.2) is 22.4 Å². The largest absolute Gasteiger partial charge is 0.375 e. The Morgan fingerprint density at radius 3 is 2.92 bits per heavy atom. The van der Waals surface area contributed by atoms with E-state index >= 15 is 0 Å². The third-order valence-corrected chi connectivity index (χ3v) is 4.48. The van der Waals surface area contributed by atoms with E-state index in [0.717, 1.165) is 16.8 Å². The lowest BCUT2D eigenvalue weighted by atomic mass is 9.99. The smallest absolute Gasteiger partial charge is 0.332 e. The second kappa shape index (κ2) is 6.79. The van der Waals surface area contributed by atoms with E-state index in [1.165, 1.54) is 0 Å². The molecule has 2 aromatic rings. The van der Waals surface area contributed by atoms with Gasteiger partial charge in [-0.05, 0) is 43.5 Å². The molecule has 0 saturated carbocycles. The molecule has 25 heavy (non-hydrogen) atoms. The molecule has 2 heterocycles. The predicted molar refractivity (Wildman–Crippen MR) is 97.3 cm³/mol. The van der Waals surface area contributed by atoms with E-state index in [4.69, 9.17) is 11.0 Å². The Kier molecular flexibility index (Phi) is 4.55. The highest BCUT2D eigenvalue weighted by atomic mass is 16.1. The Balaban J connectivity index is 2.25. The highest BCUT2D eigenvalue weighted by molar-refractivity contribution is 5.54. The molecule has 1 aromatic heterocycles. The third-order valence-electron chi connectivity index (χ3n) is 4.48. The first-order chi connectivity index (χ1) is 12.1. The van der Waals surface area contributed by atoms with Crippen LogP contribution in [0.5, 0.6) is 0 Å². The quantitative estimate of drug-likeness (QED) is 0.722. The Hall–Kier alpha value is -3.11. The zero-order valence-electron chi connectivity index (χ0n) is 14.0. The number of rotatable bonds is 5. The summed E-state index contributed by atoms with van der Waals surface area (Å²) in [6.07, 6.45) is 4.27. The summed E-state index contributed by atoms with van der Waals surface area (Å²) < 4.78 is 1.60. The Morgan fingerprint density at radius 2 is 2.28 bits per heavy atom. The first kappa shape index (κ1) is 16.7. The van der Waals surface area contributed by atoms with Crippen LogP contribution >= 0.6 is 0 Å². The van der Waals surface area contributed by atoms with Crippen molar-refractivity contribution in [2.24, 2.45) is 10.7 Å². The van der Waals surface area contributed by atoms with Gasteiger partial charge in [0.25, 0.3) is 0 Å². The lowest BCUT2D eigenvalue weighted by Crippen LogP contribution is -2.36. The minimum atomic E-state index is -0.352. The van der Waals surface area contributed by atoms with Crippen LogP contribution in [-0.2, 0) is 6.42 Å². The molecule has 7 nitrogen and oxygen atoms in total. The lowest BCUT2D eigenvalue weighted by Gasteiger charge is -2.20. The minimum Gasteiger partial charge on any atom is -0.375 e. The molecule has 2 atom stereocenters. The lowest BCUT2D eigenvalue weighted by molar-refractivity contribution is 0.576. The molecular formula is C18H20N6O. The van der Waals surface area contributed by atoms with E-state index < -0.39 is 0 Å². The number of nitrogens with zero attached hydrogens (tertiary/aromatic N) is 3. The average Bonchev–Trinajstić information content (AvgIpc) is 3.16. The Labute approximate surface area is 145 Å². The number of hydrogen-bond acceptors (Lipinski definition) is 5. The van der Waals surface area contributed by atoms with Crippen LogP contribution in [0.2, 0.25) is 0 Å². The van der Waals surface area contributed by atoms with Crippen molar-refractivity contribution in [3.05, 3.63) is 57.8 Å². The molecule has 1 aliphatic rings. The molecule has 1 aliphatic heterocycles. The van der Waals surface area contributed by atoms with Crippen LogP contribution in [0.4, 0.5) is 5.82 Å². The average molecular weight is 336 g/mol. The number of imidazole rings is 1. The minimum absolute atomic E-state index is 0.219. The number of aromatic nitrogens is 2. The standard InChI is InChI=1S/C18H20N6O/c1-11-5-3-7-14(12(11)6-4-9-19)24-15(13-8-10-22-16(13)20)17(21-2)23-18(24)25/h3,5,7-8,10,13,16,22H,2,4,6,20H2,1H3,(H,23,25). The number of aromatic amines is 1. The van der Waals surface area contributed by atoms with Gasteiger partial charge in [0.2, 0.25) is 0 Å². The Morgan fingerprint density at radius 1 is 1.48 bits per heavy atom. The third kappa shape index (κ3) is 2.88. The van der Waals surface area contributed by atoms with Crippen molar-refractivity contribution in [2.75, 3.05) is 0 Å². The topological polar surface area (TPSA) is 112 Å². The number of aryl methyl sites for hydroxylation is 1.